The molecular weight excluding hydrogens is 362 g/mol. The second-order valence-corrected chi connectivity index (χ2v) is 8.10. The molecule has 2 fully saturated rings. The van der Waals surface area contributed by atoms with Crippen LogP contribution >= 0.6 is 0 Å². The Kier molecular flexibility index (Phi) is 6.27. The van der Waals surface area contributed by atoms with E-state index >= 15 is 0 Å². The average Bonchev–Trinajstić information content (AvgIpc) is 3.57. The molecule has 1 saturated carbocycles. The maximum Gasteiger partial charge on any atom is 0.267 e. The summed E-state index contributed by atoms with van der Waals surface area (Å²) < 4.78 is 0. The first kappa shape index (κ1) is 19.7. The van der Waals surface area contributed by atoms with Gasteiger partial charge in [-0.1, -0.05) is 42.5 Å². The van der Waals surface area contributed by atoms with E-state index in [-0.39, 0.29) is 0 Å². The molecule has 2 aliphatic rings. The smallest absolute Gasteiger partial charge is 0.267 e. The van der Waals surface area contributed by atoms with Crippen LogP contribution in [-0.2, 0) is 4.79 Å². The Balaban J connectivity index is 1.20. The van der Waals surface area contributed by atoms with Crippen LogP contribution in [0.2, 0.25) is 0 Å². The molecule has 1 aliphatic heterocycles. The van der Waals surface area contributed by atoms with Crippen molar-refractivity contribution in [1.29, 1.82) is 0 Å². The molecule has 0 aromatic heterocycles. The summed E-state index contributed by atoms with van der Waals surface area (Å²) in [6.07, 6.45) is 6.70. The lowest BCUT2D eigenvalue weighted by Gasteiger charge is -2.34. The van der Waals surface area contributed by atoms with E-state index in [2.05, 4.69) is 52.7 Å². The van der Waals surface area contributed by atoms with Crippen molar-refractivity contribution < 1.29 is 10.0 Å². The Hall–Kier alpha value is -2.63. The van der Waals surface area contributed by atoms with Crippen molar-refractivity contribution in [3.8, 4) is 0 Å². The lowest BCUT2D eigenvalue weighted by atomic mass is 9.96. The largest absolute Gasteiger partial charge is 0.372 e. The monoisotopic (exact) mass is 391 g/mol. The van der Waals surface area contributed by atoms with E-state index in [9.17, 15) is 4.79 Å². The van der Waals surface area contributed by atoms with Crippen LogP contribution in [0.1, 0.15) is 36.3 Å². The van der Waals surface area contributed by atoms with Gasteiger partial charge >= 0.3 is 0 Å². The highest BCUT2D eigenvalue weighted by atomic mass is 16.5. The van der Waals surface area contributed by atoms with Crippen molar-refractivity contribution in [2.45, 2.75) is 31.2 Å². The second kappa shape index (κ2) is 9.25. The van der Waals surface area contributed by atoms with E-state index in [1.807, 2.05) is 12.1 Å². The van der Waals surface area contributed by atoms with E-state index < -0.39 is 5.91 Å². The summed E-state index contributed by atoms with van der Waals surface area (Å²) in [7, 11) is 0. The number of carbonyl (C=O) groups is 1. The summed E-state index contributed by atoms with van der Waals surface area (Å²) >= 11 is 0. The Morgan fingerprint density at radius 1 is 1.07 bits per heavy atom. The summed E-state index contributed by atoms with van der Waals surface area (Å²) in [5.41, 5.74) is 5.23. The fourth-order valence-electron chi connectivity index (χ4n) is 4.21. The van der Waals surface area contributed by atoms with E-state index in [0.717, 1.165) is 31.1 Å². The summed E-state index contributed by atoms with van der Waals surface area (Å²) in [5, 5.41) is 12.3. The van der Waals surface area contributed by atoms with Crippen molar-refractivity contribution in [2.24, 2.45) is 5.92 Å². The number of hydrogen-bond acceptors (Lipinski definition) is 4. The van der Waals surface area contributed by atoms with Gasteiger partial charge in [-0.2, -0.15) is 0 Å². The fourth-order valence-corrected chi connectivity index (χ4v) is 4.21. The Morgan fingerprint density at radius 2 is 1.79 bits per heavy atom. The van der Waals surface area contributed by atoms with Gasteiger partial charge in [-0.3, -0.25) is 10.0 Å². The van der Waals surface area contributed by atoms with E-state index in [4.69, 9.17) is 5.21 Å². The van der Waals surface area contributed by atoms with Gasteiger partial charge in [0.2, 0.25) is 0 Å². The van der Waals surface area contributed by atoms with Crippen LogP contribution in [0.5, 0.6) is 0 Å². The van der Waals surface area contributed by atoms with Crippen molar-refractivity contribution in [3.63, 3.8) is 0 Å². The SMILES string of the molecule is O=C(C=Cc1ccc(N2CCC(CNC3CC3c3ccccc3)CC2)cc1)NO. The molecule has 0 radical (unpaired) electrons. The van der Waals surface area contributed by atoms with E-state index in [0.29, 0.717) is 12.0 Å². The zero-order chi connectivity index (χ0) is 20.1. The Morgan fingerprint density at radius 3 is 2.48 bits per heavy atom. The van der Waals surface area contributed by atoms with Crippen molar-refractivity contribution in [3.05, 3.63) is 71.8 Å². The Bertz CT molecular complexity index is 827. The maximum atomic E-state index is 11.1. The van der Waals surface area contributed by atoms with Crippen LogP contribution in [0.3, 0.4) is 0 Å². The van der Waals surface area contributed by atoms with Crippen LogP contribution in [0.15, 0.2) is 60.7 Å². The molecule has 4 rings (SSSR count). The van der Waals surface area contributed by atoms with Gasteiger partial charge in [-0.25, -0.2) is 5.48 Å². The van der Waals surface area contributed by atoms with Crippen molar-refractivity contribution in [1.82, 2.24) is 10.8 Å². The number of piperidine rings is 1. The zero-order valence-corrected chi connectivity index (χ0v) is 16.6. The molecule has 1 amide bonds. The van der Waals surface area contributed by atoms with Gasteiger partial charge in [0, 0.05) is 36.8 Å². The van der Waals surface area contributed by atoms with Gasteiger partial charge in [0.1, 0.15) is 0 Å². The molecule has 2 aromatic carbocycles. The standard InChI is InChI=1S/C24H29N3O2/c28-24(26-29)11-8-18-6-9-21(10-7-18)27-14-12-19(13-15-27)17-25-23-16-22(23)20-4-2-1-3-5-20/h1-11,19,22-23,25,29H,12-17H2,(H,26,28). The second-order valence-electron chi connectivity index (χ2n) is 8.10. The highest BCUT2D eigenvalue weighted by molar-refractivity contribution is 5.90. The first-order chi connectivity index (χ1) is 14.2. The zero-order valence-electron chi connectivity index (χ0n) is 16.6. The van der Waals surface area contributed by atoms with E-state index in [1.165, 1.54) is 36.6 Å². The van der Waals surface area contributed by atoms with Crippen LogP contribution in [0, 0.1) is 5.92 Å². The number of nitrogens with one attached hydrogen (secondary N) is 2. The number of rotatable bonds is 7. The summed E-state index contributed by atoms with van der Waals surface area (Å²) in [5.74, 6) is 0.931. The molecule has 0 spiro atoms. The summed E-state index contributed by atoms with van der Waals surface area (Å²) in [4.78, 5) is 13.5. The predicted molar refractivity (Wildman–Crippen MR) is 116 cm³/mol. The maximum absolute atomic E-state index is 11.1. The third kappa shape index (κ3) is 5.25. The van der Waals surface area contributed by atoms with Crippen LogP contribution in [-0.4, -0.2) is 36.8 Å². The van der Waals surface area contributed by atoms with Crippen LogP contribution in [0.4, 0.5) is 5.69 Å². The van der Waals surface area contributed by atoms with Crippen LogP contribution in [0.25, 0.3) is 6.08 Å². The molecule has 2 atom stereocenters. The molecule has 5 nitrogen and oxygen atoms in total. The van der Waals surface area contributed by atoms with Crippen molar-refractivity contribution >= 4 is 17.7 Å². The average molecular weight is 392 g/mol. The third-order valence-electron chi connectivity index (χ3n) is 6.10. The highest BCUT2D eigenvalue weighted by Gasteiger charge is 2.38. The molecule has 3 N–H and O–H groups in total. The first-order valence-corrected chi connectivity index (χ1v) is 10.5. The quantitative estimate of drug-likeness (QED) is 0.384. The van der Waals surface area contributed by atoms with Gasteiger partial charge < -0.3 is 10.2 Å². The third-order valence-corrected chi connectivity index (χ3v) is 6.10. The van der Waals surface area contributed by atoms with Crippen LogP contribution < -0.4 is 15.7 Å². The molecule has 1 aliphatic carbocycles. The lowest BCUT2D eigenvalue weighted by Crippen LogP contribution is -2.37. The molecular formula is C24H29N3O2. The number of carbonyl (C=O) groups excluding carboxylic acids is 1. The van der Waals surface area contributed by atoms with Crippen molar-refractivity contribution in [2.75, 3.05) is 24.5 Å². The minimum Gasteiger partial charge on any atom is -0.372 e. The Labute approximate surface area is 172 Å². The topological polar surface area (TPSA) is 64.6 Å². The molecule has 152 valence electrons. The van der Waals surface area contributed by atoms with Gasteiger partial charge in [0.15, 0.2) is 0 Å². The van der Waals surface area contributed by atoms with Gasteiger partial charge in [-0.05, 0) is 61.1 Å². The highest BCUT2D eigenvalue weighted by Crippen LogP contribution is 2.40. The number of hydroxylamine groups is 1. The number of amides is 1. The first-order valence-electron chi connectivity index (χ1n) is 10.5. The number of benzene rings is 2. The summed E-state index contributed by atoms with van der Waals surface area (Å²) in [6.45, 7) is 3.29. The number of hydrogen-bond donors (Lipinski definition) is 3. The summed E-state index contributed by atoms with van der Waals surface area (Å²) in [6, 6.07) is 19.7. The number of anilines is 1. The molecule has 5 heteroatoms. The minimum atomic E-state index is -0.522. The van der Waals surface area contributed by atoms with Gasteiger partial charge in [0.25, 0.3) is 5.91 Å². The lowest BCUT2D eigenvalue weighted by molar-refractivity contribution is -0.124. The molecule has 1 saturated heterocycles. The molecule has 1 heterocycles. The van der Waals surface area contributed by atoms with Gasteiger partial charge in [-0.15, -0.1) is 0 Å². The minimum absolute atomic E-state index is 0.522. The molecule has 29 heavy (non-hydrogen) atoms. The van der Waals surface area contributed by atoms with Gasteiger partial charge in [0.05, 0.1) is 0 Å². The molecule has 2 aromatic rings. The normalized spacial score (nSPS) is 22.0. The predicted octanol–water partition coefficient (Wildman–Crippen LogP) is 3.57. The fraction of sp³-hybridized carbons (Fsp3) is 0.375. The number of nitrogens with zero attached hydrogens (tertiary/aromatic N) is 1. The molecule has 0 bridgehead atoms. The van der Waals surface area contributed by atoms with E-state index in [1.54, 1.807) is 11.6 Å². The molecule has 2 unspecified atom stereocenters.